The van der Waals surface area contributed by atoms with Gasteiger partial charge in [0.05, 0.1) is 12.5 Å². The van der Waals surface area contributed by atoms with Crippen LogP contribution < -0.4 is 5.32 Å². The van der Waals surface area contributed by atoms with Gasteiger partial charge in [-0.3, -0.25) is 4.79 Å². The molecule has 1 fully saturated rings. The first-order valence-electron chi connectivity index (χ1n) is 7.87. The van der Waals surface area contributed by atoms with Crippen LogP contribution in [0.2, 0.25) is 0 Å². The maximum Gasteiger partial charge on any atom is 0.223 e. The van der Waals surface area contributed by atoms with Crippen molar-refractivity contribution in [3.05, 3.63) is 35.9 Å². The highest BCUT2D eigenvalue weighted by molar-refractivity contribution is 5.76. The highest BCUT2D eigenvalue weighted by Gasteiger charge is 2.16. The van der Waals surface area contributed by atoms with Crippen molar-refractivity contribution in [2.24, 2.45) is 5.92 Å². The number of hydrogen-bond acceptors (Lipinski definition) is 3. The molecule has 1 aromatic carbocycles. The van der Waals surface area contributed by atoms with Crippen molar-refractivity contribution >= 4 is 5.91 Å². The summed E-state index contributed by atoms with van der Waals surface area (Å²) in [6, 6.07) is 9.32. The lowest BCUT2D eigenvalue weighted by molar-refractivity contribution is -0.123. The van der Waals surface area contributed by atoms with Crippen molar-refractivity contribution in [2.45, 2.75) is 32.3 Å². The van der Waals surface area contributed by atoms with Crippen LogP contribution in [0, 0.1) is 5.92 Å². The molecular weight excluding hydrogens is 264 g/mol. The predicted molar refractivity (Wildman–Crippen MR) is 83.9 cm³/mol. The number of carbonyl (C=O) groups excluding carboxylic acids is 1. The minimum absolute atomic E-state index is 0.0864. The summed E-state index contributed by atoms with van der Waals surface area (Å²) >= 11 is 0. The fraction of sp³-hybridized carbons (Fsp3) is 0.588. The van der Waals surface area contributed by atoms with Gasteiger partial charge in [-0.1, -0.05) is 37.3 Å². The molecule has 116 valence electrons. The molecule has 0 saturated carbocycles. The molecular formula is C17H26N2O2. The van der Waals surface area contributed by atoms with Crippen LogP contribution in [0.15, 0.2) is 30.3 Å². The van der Waals surface area contributed by atoms with Gasteiger partial charge >= 0.3 is 0 Å². The molecule has 2 rings (SSSR count). The number of benzene rings is 1. The summed E-state index contributed by atoms with van der Waals surface area (Å²) in [4.78, 5) is 14.2. The zero-order valence-electron chi connectivity index (χ0n) is 12.8. The largest absolute Gasteiger partial charge is 0.388 e. The number of rotatable bonds is 6. The second-order valence-electron chi connectivity index (χ2n) is 6.00. The lowest BCUT2D eigenvalue weighted by Gasteiger charge is -2.30. The van der Waals surface area contributed by atoms with Gasteiger partial charge in [0.25, 0.3) is 0 Å². The fourth-order valence-electron chi connectivity index (χ4n) is 2.68. The van der Waals surface area contributed by atoms with Crippen molar-refractivity contribution in [1.82, 2.24) is 10.2 Å². The smallest absolute Gasteiger partial charge is 0.223 e. The maximum absolute atomic E-state index is 11.8. The van der Waals surface area contributed by atoms with Crippen LogP contribution in [-0.2, 0) is 4.79 Å². The second kappa shape index (κ2) is 8.15. The van der Waals surface area contributed by atoms with E-state index in [0.717, 1.165) is 31.1 Å². The SMILES string of the molecule is CC1CCN(CCNC(=O)CC(O)c2ccccc2)CC1. The first-order valence-corrected chi connectivity index (χ1v) is 7.87. The van der Waals surface area contributed by atoms with E-state index in [4.69, 9.17) is 0 Å². The molecule has 1 heterocycles. The second-order valence-corrected chi connectivity index (χ2v) is 6.00. The van der Waals surface area contributed by atoms with Gasteiger partial charge in [0.2, 0.25) is 5.91 Å². The molecule has 1 unspecified atom stereocenters. The molecule has 0 bridgehead atoms. The van der Waals surface area contributed by atoms with Gasteiger partial charge in [-0.05, 0) is 37.4 Å². The van der Waals surface area contributed by atoms with Gasteiger partial charge < -0.3 is 15.3 Å². The Balaban J connectivity index is 1.63. The molecule has 0 aromatic heterocycles. The Hall–Kier alpha value is -1.39. The molecule has 0 spiro atoms. The molecule has 1 aliphatic rings. The number of hydrogen-bond donors (Lipinski definition) is 2. The molecule has 2 N–H and O–H groups in total. The van der Waals surface area contributed by atoms with E-state index in [0.29, 0.717) is 6.54 Å². The number of aliphatic hydroxyl groups is 1. The Labute approximate surface area is 127 Å². The minimum atomic E-state index is -0.720. The number of likely N-dealkylation sites (tertiary alicyclic amines) is 1. The molecule has 1 saturated heterocycles. The highest BCUT2D eigenvalue weighted by Crippen LogP contribution is 2.16. The van der Waals surface area contributed by atoms with E-state index in [1.54, 1.807) is 0 Å². The Kier molecular flexibility index (Phi) is 6.21. The Bertz CT molecular complexity index is 428. The third-order valence-electron chi connectivity index (χ3n) is 4.19. The van der Waals surface area contributed by atoms with Crippen LogP contribution in [-0.4, -0.2) is 42.1 Å². The lowest BCUT2D eigenvalue weighted by Crippen LogP contribution is -2.39. The summed E-state index contributed by atoms with van der Waals surface area (Å²) < 4.78 is 0. The minimum Gasteiger partial charge on any atom is -0.388 e. The van der Waals surface area contributed by atoms with Crippen molar-refractivity contribution in [3.63, 3.8) is 0 Å². The Morgan fingerprint density at radius 1 is 1.33 bits per heavy atom. The first-order chi connectivity index (χ1) is 10.1. The van der Waals surface area contributed by atoms with Crippen LogP contribution in [0.5, 0.6) is 0 Å². The maximum atomic E-state index is 11.8. The van der Waals surface area contributed by atoms with Crippen LogP contribution in [0.3, 0.4) is 0 Å². The standard InChI is InChI=1S/C17H26N2O2/c1-14-7-10-19(11-8-14)12-9-18-17(21)13-16(20)15-5-3-2-4-6-15/h2-6,14,16,20H,7-13H2,1H3,(H,18,21). The van der Waals surface area contributed by atoms with E-state index < -0.39 is 6.10 Å². The van der Waals surface area contributed by atoms with Crippen LogP contribution in [0.25, 0.3) is 0 Å². The molecule has 21 heavy (non-hydrogen) atoms. The van der Waals surface area contributed by atoms with E-state index in [1.165, 1.54) is 12.8 Å². The van der Waals surface area contributed by atoms with Gasteiger partial charge in [-0.25, -0.2) is 0 Å². The molecule has 4 heteroatoms. The van der Waals surface area contributed by atoms with Gasteiger partial charge in [0, 0.05) is 13.1 Å². The van der Waals surface area contributed by atoms with Crippen LogP contribution in [0.1, 0.15) is 37.9 Å². The zero-order valence-corrected chi connectivity index (χ0v) is 12.8. The number of carbonyl (C=O) groups is 1. The molecule has 1 amide bonds. The average Bonchev–Trinajstić information content (AvgIpc) is 2.50. The predicted octanol–water partition coefficient (Wildman–Crippen LogP) is 1.96. The number of aliphatic hydroxyl groups excluding tert-OH is 1. The number of nitrogens with one attached hydrogen (secondary N) is 1. The summed E-state index contributed by atoms with van der Waals surface area (Å²) in [5.41, 5.74) is 0.790. The van der Waals surface area contributed by atoms with Gasteiger partial charge in [0.1, 0.15) is 0 Å². The molecule has 1 atom stereocenters. The molecule has 0 radical (unpaired) electrons. The topological polar surface area (TPSA) is 52.6 Å². The number of nitrogens with zero attached hydrogens (tertiary/aromatic N) is 1. The number of amides is 1. The van der Waals surface area contributed by atoms with Crippen LogP contribution in [0.4, 0.5) is 0 Å². The normalized spacial score (nSPS) is 18.4. The summed E-state index contributed by atoms with van der Waals surface area (Å²) in [5.74, 6) is 0.744. The molecule has 1 aromatic rings. The average molecular weight is 290 g/mol. The van der Waals surface area contributed by atoms with Crippen molar-refractivity contribution < 1.29 is 9.90 Å². The summed E-state index contributed by atoms with van der Waals surface area (Å²) in [6.07, 6.45) is 1.91. The van der Waals surface area contributed by atoms with Crippen LogP contribution >= 0.6 is 0 Å². The van der Waals surface area contributed by atoms with Gasteiger partial charge in [-0.15, -0.1) is 0 Å². The van der Waals surface area contributed by atoms with E-state index in [-0.39, 0.29) is 12.3 Å². The monoisotopic (exact) mass is 290 g/mol. The fourth-order valence-corrected chi connectivity index (χ4v) is 2.68. The van der Waals surface area contributed by atoms with Crippen molar-refractivity contribution in [1.29, 1.82) is 0 Å². The van der Waals surface area contributed by atoms with Gasteiger partial charge in [-0.2, -0.15) is 0 Å². The first kappa shape index (κ1) is 16.0. The number of piperidine rings is 1. The molecule has 0 aliphatic carbocycles. The molecule has 4 nitrogen and oxygen atoms in total. The summed E-state index contributed by atoms with van der Waals surface area (Å²) in [7, 11) is 0. The van der Waals surface area contributed by atoms with E-state index in [9.17, 15) is 9.90 Å². The molecule has 1 aliphatic heterocycles. The van der Waals surface area contributed by atoms with Gasteiger partial charge in [0.15, 0.2) is 0 Å². The zero-order chi connectivity index (χ0) is 15.1. The Morgan fingerprint density at radius 3 is 2.67 bits per heavy atom. The van der Waals surface area contributed by atoms with Crippen molar-refractivity contribution in [3.8, 4) is 0 Å². The van der Waals surface area contributed by atoms with Crippen molar-refractivity contribution in [2.75, 3.05) is 26.2 Å². The lowest BCUT2D eigenvalue weighted by atomic mass is 9.99. The highest BCUT2D eigenvalue weighted by atomic mass is 16.3. The van der Waals surface area contributed by atoms with E-state index in [2.05, 4.69) is 17.1 Å². The van der Waals surface area contributed by atoms with E-state index >= 15 is 0 Å². The summed E-state index contributed by atoms with van der Waals surface area (Å²) in [6.45, 7) is 6.12. The quantitative estimate of drug-likeness (QED) is 0.842. The Morgan fingerprint density at radius 2 is 2.00 bits per heavy atom. The summed E-state index contributed by atoms with van der Waals surface area (Å²) in [5, 5.41) is 12.9. The third-order valence-corrected chi connectivity index (χ3v) is 4.19. The third kappa shape index (κ3) is 5.48. The van der Waals surface area contributed by atoms with E-state index in [1.807, 2.05) is 30.3 Å².